The summed E-state index contributed by atoms with van der Waals surface area (Å²) in [6, 6.07) is 28.2. The van der Waals surface area contributed by atoms with Crippen LogP contribution in [-0.2, 0) is 0 Å². The van der Waals surface area contributed by atoms with Crippen molar-refractivity contribution < 1.29 is 0 Å². The summed E-state index contributed by atoms with van der Waals surface area (Å²) < 4.78 is 1.74. The van der Waals surface area contributed by atoms with Crippen LogP contribution in [0.15, 0.2) is 95.2 Å². The Morgan fingerprint density at radius 1 is 0.750 bits per heavy atom. The molecule has 0 spiro atoms. The minimum absolute atomic E-state index is 0.284. The lowest BCUT2D eigenvalue weighted by Gasteiger charge is -2.09. The molecule has 0 saturated carbocycles. The van der Waals surface area contributed by atoms with Crippen LogP contribution in [-0.4, -0.2) is 14.6 Å². The van der Waals surface area contributed by atoms with Crippen LogP contribution in [0.1, 0.15) is 11.1 Å². The van der Waals surface area contributed by atoms with E-state index in [0.29, 0.717) is 11.3 Å². The molecule has 0 aliphatic heterocycles. The molecule has 0 fully saturated rings. The van der Waals surface area contributed by atoms with Crippen molar-refractivity contribution in [2.45, 2.75) is 13.8 Å². The van der Waals surface area contributed by atoms with E-state index in [1.807, 2.05) is 67.6 Å². The van der Waals surface area contributed by atoms with E-state index in [4.69, 9.17) is 10.7 Å². The summed E-state index contributed by atoms with van der Waals surface area (Å²) in [4.78, 5) is 4.88. The third kappa shape index (κ3) is 3.74. The number of aryl methyl sites for hydroxylation is 2. The van der Waals surface area contributed by atoms with Gasteiger partial charge in [0.1, 0.15) is 0 Å². The van der Waals surface area contributed by atoms with Crippen LogP contribution < -0.4 is 5.73 Å². The van der Waals surface area contributed by atoms with E-state index >= 15 is 0 Å². The van der Waals surface area contributed by atoms with E-state index < -0.39 is 0 Å². The normalized spacial score (nSPS) is 11.4. The number of nitrogens with two attached hydrogens (primary N) is 1. The average Bonchev–Trinajstić information content (AvgIpc) is 3.14. The Bertz CT molecular complexity index is 1420. The van der Waals surface area contributed by atoms with Crippen molar-refractivity contribution in [1.82, 2.24) is 14.6 Å². The van der Waals surface area contributed by atoms with Gasteiger partial charge in [-0.25, -0.2) is 9.50 Å². The summed E-state index contributed by atoms with van der Waals surface area (Å²) in [6.45, 7) is 4.10. The summed E-state index contributed by atoms with van der Waals surface area (Å²) in [7, 11) is 0. The van der Waals surface area contributed by atoms with Gasteiger partial charge in [-0.1, -0.05) is 77.9 Å². The summed E-state index contributed by atoms with van der Waals surface area (Å²) in [5.74, 6) is 0.284. The number of hydrogen-bond acceptors (Lipinski definition) is 5. The van der Waals surface area contributed by atoms with Gasteiger partial charge in [0.2, 0.25) is 0 Å². The molecule has 6 nitrogen and oxygen atoms in total. The number of azo groups is 1. The van der Waals surface area contributed by atoms with Crippen molar-refractivity contribution in [3.05, 3.63) is 96.1 Å². The third-order valence-electron chi connectivity index (χ3n) is 5.31. The second-order valence-electron chi connectivity index (χ2n) is 7.76. The maximum absolute atomic E-state index is 6.27. The first kappa shape index (κ1) is 19.6. The van der Waals surface area contributed by atoms with E-state index in [9.17, 15) is 0 Å². The van der Waals surface area contributed by atoms with Gasteiger partial charge in [-0.05, 0) is 32.0 Å². The molecule has 3 aromatic carbocycles. The Morgan fingerprint density at radius 2 is 1.41 bits per heavy atom. The van der Waals surface area contributed by atoms with E-state index in [1.54, 1.807) is 4.52 Å². The minimum Gasteiger partial charge on any atom is -0.380 e. The van der Waals surface area contributed by atoms with Gasteiger partial charge in [-0.2, -0.15) is 5.11 Å². The molecule has 0 amide bonds. The second kappa shape index (κ2) is 8.07. The van der Waals surface area contributed by atoms with Crippen molar-refractivity contribution in [3.8, 4) is 22.5 Å². The van der Waals surface area contributed by atoms with Crippen LogP contribution in [0.25, 0.3) is 28.2 Å². The molecule has 0 bridgehead atoms. The lowest BCUT2D eigenvalue weighted by atomic mass is 10.1. The largest absolute Gasteiger partial charge is 0.380 e. The van der Waals surface area contributed by atoms with E-state index in [1.165, 1.54) is 5.56 Å². The molecule has 0 radical (unpaired) electrons. The van der Waals surface area contributed by atoms with E-state index in [0.717, 1.165) is 33.8 Å². The van der Waals surface area contributed by atoms with Crippen LogP contribution in [0.3, 0.4) is 0 Å². The standard InChI is InChI=1S/C26H22N6/c1-17-8-12-19(13-9-17)22-16-23(20-6-4-3-5-7-20)32-26(28-22)24(25(27)31-32)30-29-21-14-10-18(2)11-15-21/h3-16H,1-2H3,(H2,27,31). The summed E-state index contributed by atoms with van der Waals surface area (Å²) in [5, 5.41) is 13.3. The van der Waals surface area contributed by atoms with Crippen molar-refractivity contribution >= 4 is 22.8 Å². The maximum Gasteiger partial charge on any atom is 0.186 e. The van der Waals surface area contributed by atoms with Crippen LogP contribution >= 0.6 is 0 Å². The van der Waals surface area contributed by atoms with Crippen molar-refractivity contribution in [1.29, 1.82) is 0 Å². The molecular formula is C26H22N6. The van der Waals surface area contributed by atoms with Gasteiger partial charge in [0.25, 0.3) is 0 Å². The van der Waals surface area contributed by atoms with Crippen molar-refractivity contribution in [2.75, 3.05) is 5.73 Å². The number of hydrogen-bond donors (Lipinski definition) is 1. The highest BCUT2D eigenvalue weighted by Gasteiger charge is 2.17. The maximum atomic E-state index is 6.27. The Morgan fingerprint density at radius 3 is 2.09 bits per heavy atom. The second-order valence-corrected chi connectivity index (χ2v) is 7.76. The van der Waals surface area contributed by atoms with Crippen molar-refractivity contribution in [3.63, 3.8) is 0 Å². The fourth-order valence-electron chi connectivity index (χ4n) is 3.52. The molecule has 2 heterocycles. The molecule has 0 aliphatic rings. The third-order valence-corrected chi connectivity index (χ3v) is 5.31. The van der Waals surface area contributed by atoms with Crippen molar-refractivity contribution in [2.24, 2.45) is 10.2 Å². The lowest BCUT2D eigenvalue weighted by molar-refractivity contribution is 0.955. The van der Waals surface area contributed by atoms with Crippen LogP contribution in [0.2, 0.25) is 0 Å². The highest BCUT2D eigenvalue weighted by atomic mass is 15.3. The Hall–Kier alpha value is -4.32. The van der Waals surface area contributed by atoms with E-state index in [2.05, 4.69) is 46.5 Å². The summed E-state index contributed by atoms with van der Waals surface area (Å²) in [6.07, 6.45) is 0. The van der Waals surface area contributed by atoms with Gasteiger partial charge in [-0.3, -0.25) is 0 Å². The van der Waals surface area contributed by atoms with Gasteiger partial charge < -0.3 is 5.73 Å². The molecule has 0 atom stereocenters. The zero-order valence-electron chi connectivity index (χ0n) is 17.9. The van der Waals surface area contributed by atoms with Crippen LogP contribution in [0.4, 0.5) is 17.2 Å². The highest BCUT2D eigenvalue weighted by Crippen LogP contribution is 2.34. The quantitative estimate of drug-likeness (QED) is 0.331. The van der Waals surface area contributed by atoms with Gasteiger partial charge in [-0.15, -0.1) is 10.2 Å². The predicted molar refractivity (Wildman–Crippen MR) is 128 cm³/mol. The fraction of sp³-hybridized carbons (Fsp3) is 0.0769. The molecule has 0 aliphatic carbocycles. The number of nitrogen functional groups attached to an aromatic ring is 1. The van der Waals surface area contributed by atoms with Gasteiger partial charge in [0, 0.05) is 11.1 Å². The predicted octanol–water partition coefficient (Wildman–Crippen LogP) is 6.68. The average molecular weight is 419 g/mol. The molecule has 156 valence electrons. The van der Waals surface area contributed by atoms with E-state index in [-0.39, 0.29) is 5.82 Å². The Labute approximate surface area is 186 Å². The number of fused-ring (bicyclic) bond motifs is 1. The Balaban J connectivity index is 1.71. The molecule has 5 aromatic rings. The Kier molecular flexibility index (Phi) is 4.95. The number of aromatic nitrogens is 3. The topological polar surface area (TPSA) is 80.9 Å². The monoisotopic (exact) mass is 418 g/mol. The zero-order valence-corrected chi connectivity index (χ0v) is 17.9. The molecule has 0 saturated heterocycles. The summed E-state index contributed by atoms with van der Waals surface area (Å²) >= 11 is 0. The molecule has 0 unspecified atom stereocenters. The first-order valence-corrected chi connectivity index (χ1v) is 10.4. The van der Waals surface area contributed by atoms with Crippen LogP contribution in [0.5, 0.6) is 0 Å². The molecule has 2 N–H and O–H groups in total. The molecule has 32 heavy (non-hydrogen) atoms. The number of nitrogens with zero attached hydrogens (tertiary/aromatic N) is 5. The van der Waals surface area contributed by atoms with Crippen LogP contribution in [0, 0.1) is 13.8 Å². The molecule has 5 rings (SSSR count). The first-order chi connectivity index (χ1) is 15.6. The number of rotatable bonds is 4. The number of benzene rings is 3. The van der Waals surface area contributed by atoms with Gasteiger partial charge in [0.15, 0.2) is 17.2 Å². The SMILES string of the molecule is Cc1ccc(N=Nc2c(N)nn3c(-c4ccccc4)cc(-c4ccc(C)cc4)nc23)cc1. The molecule has 6 heteroatoms. The van der Waals surface area contributed by atoms with Gasteiger partial charge in [0.05, 0.1) is 17.1 Å². The molecule has 2 aromatic heterocycles. The zero-order chi connectivity index (χ0) is 22.1. The minimum atomic E-state index is 0.284. The highest BCUT2D eigenvalue weighted by molar-refractivity contribution is 5.81. The molecular weight excluding hydrogens is 396 g/mol. The smallest absolute Gasteiger partial charge is 0.186 e. The fourth-order valence-corrected chi connectivity index (χ4v) is 3.52. The number of anilines is 1. The van der Waals surface area contributed by atoms with Gasteiger partial charge >= 0.3 is 0 Å². The lowest BCUT2D eigenvalue weighted by Crippen LogP contribution is -1.98. The summed E-state index contributed by atoms with van der Waals surface area (Å²) in [5.41, 5.74) is 14.1. The first-order valence-electron chi connectivity index (χ1n) is 10.4.